The molecular formula is C16H15N5O4. The Morgan fingerprint density at radius 2 is 2.00 bits per heavy atom. The Morgan fingerprint density at radius 3 is 2.76 bits per heavy atom. The summed E-state index contributed by atoms with van der Waals surface area (Å²) in [5.41, 5.74) is 0.902. The zero-order chi connectivity index (χ0) is 17.6. The van der Waals surface area contributed by atoms with Gasteiger partial charge in [-0.05, 0) is 17.7 Å². The normalized spacial score (nSPS) is 16.4. The Kier molecular flexibility index (Phi) is 3.41. The van der Waals surface area contributed by atoms with Crippen LogP contribution in [-0.4, -0.2) is 39.7 Å². The van der Waals surface area contributed by atoms with E-state index in [2.05, 4.69) is 20.4 Å². The second-order valence-corrected chi connectivity index (χ2v) is 5.63. The Morgan fingerprint density at radius 1 is 1.20 bits per heavy atom. The molecule has 1 amide bonds. The lowest BCUT2D eigenvalue weighted by Gasteiger charge is -2.25. The largest absolute Gasteiger partial charge is 0.493 e. The minimum absolute atomic E-state index is 0.145. The molecule has 1 aromatic carbocycles. The van der Waals surface area contributed by atoms with Crippen molar-refractivity contribution in [2.24, 2.45) is 0 Å². The molecule has 3 heterocycles. The van der Waals surface area contributed by atoms with E-state index in [-0.39, 0.29) is 23.7 Å². The molecule has 0 fully saturated rings. The highest BCUT2D eigenvalue weighted by molar-refractivity contribution is 5.94. The summed E-state index contributed by atoms with van der Waals surface area (Å²) in [5.74, 6) is 1.10. The van der Waals surface area contributed by atoms with E-state index < -0.39 is 5.92 Å². The fourth-order valence-corrected chi connectivity index (χ4v) is 3.15. The summed E-state index contributed by atoms with van der Waals surface area (Å²) in [6.45, 7) is 0. The Bertz CT molecular complexity index is 1040. The van der Waals surface area contributed by atoms with Crippen LogP contribution in [0.4, 0.5) is 5.82 Å². The molecule has 0 aliphatic carbocycles. The second kappa shape index (κ2) is 5.62. The number of methoxy groups -OCH3 is 2. The zero-order valence-corrected chi connectivity index (χ0v) is 13.6. The molecule has 0 saturated heterocycles. The predicted octanol–water partition coefficient (Wildman–Crippen LogP) is 0.909. The maximum absolute atomic E-state index is 12.6. The number of hydrogen-bond acceptors (Lipinski definition) is 6. The monoisotopic (exact) mass is 341 g/mol. The van der Waals surface area contributed by atoms with Gasteiger partial charge in [-0.25, -0.2) is 0 Å². The molecule has 25 heavy (non-hydrogen) atoms. The van der Waals surface area contributed by atoms with Gasteiger partial charge in [-0.1, -0.05) is 6.07 Å². The second-order valence-electron chi connectivity index (χ2n) is 5.63. The van der Waals surface area contributed by atoms with Gasteiger partial charge in [0.15, 0.2) is 11.5 Å². The number of nitrogens with one attached hydrogen (secondary N) is 2. The van der Waals surface area contributed by atoms with E-state index in [4.69, 9.17) is 9.47 Å². The summed E-state index contributed by atoms with van der Waals surface area (Å²) >= 11 is 0. The minimum atomic E-state index is -0.430. The highest BCUT2D eigenvalue weighted by Crippen LogP contribution is 2.38. The molecule has 9 nitrogen and oxygen atoms in total. The van der Waals surface area contributed by atoms with E-state index in [0.29, 0.717) is 22.9 Å². The van der Waals surface area contributed by atoms with Crippen molar-refractivity contribution in [2.45, 2.75) is 12.3 Å². The third-order valence-corrected chi connectivity index (χ3v) is 4.29. The first-order valence-electron chi connectivity index (χ1n) is 7.60. The van der Waals surface area contributed by atoms with Crippen LogP contribution in [0.15, 0.2) is 29.3 Å². The van der Waals surface area contributed by atoms with Gasteiger partial charge in [-0.3, -0.25) is 14.6 Å². The fourth-order valence-electron chi connectivity index (χ4n) is 3.15. The SMILES string of the molecule is COc1ccc([C@H]2CC(=O)Nc3c2c(=O)[nH]c2ncnn32)cc1OC. The first-order valence-corrected chi connectivity index (χ1v) is 7.60. The maximum atomic E-state index is 12.6. The number of nitrogens with zero attached hydrogens (tertiary/aromatic N) is 3. The summed E-state index contributed by atoms with van der Waals surface area (Å²) in [4.78, 5) is 31.5. The van der Waals surface area contributed by atoms with Crippen molar-refractivity contribution >= 4 is 17.5 Å². The van der Waals surface area contributed by atoms with Gasteiger partial charge >= 0.3 is 0 Å². The third-order valence-electron chi connectivity index (χ3n) is 4.29. The number of hydrogen-bond donors (Lipinski definition) is 2. The summed E-state index contributed by atoms with van der Waals surface area (Å²) in [5, 5.41) is 6.80. The molecule has 2 aromatic heterocycles. The molecule has 2 N–H and O–H groups in total. The molecule has 0 unspecified atom stereocenters. The van der Waals surface area contributed by atoms with Crippen LogP contribution in [0, 0.1) is 0 Å². The average molecular weight is 341 g/mol. The van der Waals surface area contributed by atoms with Gasteiger partial charge < -0.3 is 14.8 Å². The van der Waals surface area contributed by atoms with E-state index in [0.717, 1.165) is 5.56 Å². The van der Waals surface area contributed by atoms with Gasteiger partial charge in [0.05, 0.1) is 19.8 Å². The molecule has 128 valence electrons. The van der Waals surface area contributed by atoms with Crippen molar-refractivity contribution in [3.05, 3.63) is 46.0 Å². The lowest BCUT2D eigenvalue weighted by Crippen LogP contribution is -2.32. The molecule has 1 aliphatic rings. The number of rotatable bonds is 3. The van der Waals surface area contributed by atoms with Gasteiger partial charge in [0.2, 0.25) is 11.7 Å². The number of carbonyl (C=O) groups excluding carboxylic acids is 1. The molecule has 1 atom stereocenters. The van der Waals surface area contributed by atoms with Gasteiger partial charge in [-0.15, -0.1) is 0 Å². The van der Waals surface area contributed by atoms with E-state index in [9.17, 15) is 9.59 Å². The van der Waals surface area contributed by atoms with Gasteiger partial charge in [-0.2, -0.15) is 14.6 Å². The lowest BCUT2D eigenvalue weighted by molar-refractivity contribution is -0.116. The molecule has 0 spiro atoms. The van der Waals surface area contributed by atoms with Crippen LogP contribution in [0.3, 0.4) is 0 Å². The van der Waals surface area contributed by atoms with Crippen molar-refractivity contribution in [3.63, 3.8) is 0 Å². The Hall–Kier alpha value is -3.36. The molecule has 0 saturated carbocycles. The van der Waals surface area contributed by atoms with Crippen LogP contribution >= 0.6 is 0 Å². The Labute approximate surface area is 141 Å². The van der Waals surface area contributed by atoms with Gasteiger partial charge in [0.1, 0.15) is 12.1 Å². The van der Waals surface area contributed by atoms with Crippen LogP contribution < -0.4 is 20.3 Å². The fraction of sp³-hybridized carbons (Fsp3) is 0.250. The van der Waals surface area contributed by atoms with Crippen molar-refractivity contribution in [1.82, 2.24) is 19.6 Å². The summed E-state index contributed by atoms with van der Waals surface area (Å²) in [6.07, 6.45) is 1.46. The number of fused-ring (bicyclic) bond motifs is 3. The first-order chi connectivity index (χ1) is 12.1. The smallest absolute Gasteiger partial charge is 0.258 e. The van der Waals surface area contributed by atoms with Gasteiger partial charge in [0.25, 0.3) is 5.56 Å². The zero-order valence-electron chi connectivity index (χ0n) is 13.6. The molecule has 0 bridgehead atoms. The molecule has 9 heteroatoms. The summed E-state index contributed by atoms with van der Waals surface area (Å²) < 4.78 is 12.0. The number of aromatic nitrogens is 4. The first kappa shape index (κ1) is 15.2. The highest BCUT2D eigenvalue weighted by Gasteiger charge is 2.32. The van der Waals surface area contributed by atoms with Crippen LogP contribution in [0.1, 0.15) is 23.5 Å². The number of benzene rings is 1. The van der Waals surface area contributed by atoms with Crippen molar-refractivity contribution in [3.8, 4) is 11.5 Å². The number of aromatic amines is 1. The third kappa shape index (κ3) is 2.32. The standard InChI is InChI=1S/C16H15N5O4/c1-24-10-4-3-8(5-11(10)25-2)9-6-12(22)19-14-13(9)15(23)20-16-17-7-18-21(14)16/h3-5,7,9H,6H2,1-2H3,(H,19,22)(H,17,18,20,23)/t9-/m1/s1. The van der Waals surface area contributed by atoms with Crippen LogP contribution in [-0.2, 0) is 4.79 Å². The van der Waals surface area contributed by atoms with Crippen LogP contribution in [0.2, 0.25) is 0 Å². The molecular weight excluding hydrogens is 326 g/mol. The van der Waals surface area contributed by atoms with E-state index in [1.54, 1.807) is 19.2 Å². The van der Waals surface area contributed by atoms with E-state index in [1.165, 1.54) is 18.0 Å². The van der Waals surface area contributed by atoms with Gasteiger partial charge in [0, 0.05) is 12.3 Å². The number of ether oxygens (including phenoxy) is 2. The molecule has 0 radical (unpaired) electrons. The Balaban J connectivity index is 1.93. The van der Waals surface area contributed by atoms with Crippen LogP contribution in [0.25, 0.3) is 5.78 Å². The van der Waals surface area contributed by atoms with Crippen molar-refractivity contribution in [1.29, 1.82) is 0 Å². The van der Waals surface area contributed by atoms with E-state index >= 15 is 0 Å². The van der Waals surface area contributed by atoms with Crippen molar-refractivity contribution in [2.75, 3.05) is 19.5 Å². The number of anilines is 1. The average Bonchev–Trinajstić information content (AvgIpc) is 3.08. The molecule has 3 aromatic rings. The number of carbonyl (C=O) groups is 1. The highest BCUT2D eigenvalue weighted by atomic mass is 16.5. The number of H-pyrrole nitrogens is 1. The number of amides is 1. The van der Waals surface area contributed by atoms with Crippen LogP contribution in [0.5, 0.6) is 11.5 Å². The lowest BCUT2D eigenvalue weighted by atomic mass is 9.86. The molecule has 1 aliphatic heterocycles. The summed E-state index contributed by atoms with van der Waals surface area (Å²) in [7, 11) is 3.09. The van der Waals surface area contributed by atoms with E-state index in [1.807, 2.05) is 6.07 Å². The van der Waals surface area contributed by atoms with Crippen molar-refractivity contribution < 1.29 is 14.3 Å². The summed E-state index contributed by atoms with van der Waals surface area (Å²) in [6, 6.07) is 5.35. The minimum Gasteiger partial charge on any atom is -0.493 e. The quantitative estimate of drug-likeness (QED) is 0.732. The predicted molar refractivity (Wildman–Crippen MR) is 88.2 cm³/mol. The topological polar surface area (TPSA) is 111 Å². The molecule has 4 rings (SSSR count). The maximum Gasteiger partial charge on any atom is 0.258 e.